The number of nitrogens with one attached hydrogen (secondary N) is 1. The Morgan fingerprint density at radius 3 is 2.62 bits per heavy atom. The molecule has 2 aromatic carbocycles. The van der Waals surface area contributed by atoms with E-state index in [4.69, 9.17) is 20.8 Å². The highest BCUT2D eigenvalue weighted by atomic mass is 35.5. The van der Waals surface area contributed by atoms with E-state index in [1.165, 1.54) is 6.07 Å². The quantitative estimate of drug-likeness (QED) is 0.374. The van der Waals surface area contributed by atoms with Gasteiger partial charge in [-0.25, -0.2) is 0 Å². The molecule has 0 bridgehead atoms. The van der Waals surface area contributed by atoms with Crippen LogP contribution in [0.25, 0.3) is 11.3 Å². The van der Waals surface area contributed by atoms with Crippen molar-refractivity contribution in [2.45, 2.75) is 38.5 Å². The van der Waals surface area contributed by atoms with Gasteiger partial charge in [0.05, 0.1) is 16.1 Å². The van der Waals surface area contributed by atoms with Gasteiger partial charge in [-0.05, 0) is 43.2 Å². The van der Waals surface area contributed by atoms with Crippen molar-refractivity contribution in [2.75, 3.05) is 5.32 Å². The molecule has 7 heteroatoms. The predicted molar refractivity (Wildman–Crippen MR) is 112 cm³/mol. The Morgan fingerprint density at radius 2 is 1.90 bits per heavy atom. The number of anilines is 1. The third kappa shape index (κ3) is 3.39. The molecular formula is C22H21ClN2O4. The molecule has 2 heterocycles. The van der Waals surface area contributed by atoms with Gasteiger partial charge in [-0.1, -0.05) is 43.6 Å². The molecule has 6 nitrogen and oxygen atoms in total. The zero-order valence-corrected chi connectivity index (χ0v) is 16.9. The van der Waals surface area contributed by atoms with Crippen molar-refractivity contribution < 1.29 is 14.1 Å². The fraction of sp³-hybridized carbons (Fsp3) is 0.273. The molecule has 0 spiro atoms. The second kappa shape index (κ2) is 7.54. The number of fused-ring (bicyclic) bond motifs is 1. The first-order chi connectivity index (χ1) is 14.0. The fourth-order valence-corrected chi connectivity index (χ4v) is 4.06. The van der Waals surface area contributed by atoms with Gasteiger partial charge in [0.2, 0.25) is 0 Å². The van der Waals surface area contributed by atoms with Gasteiger partial charge in [0.1, 0.15) is 5.76 Å². The summed E-state index contributed by atoms with van der Waals surface area (Å²) in [5.74, 6) is 0.955. The van der Waals surface area contributed by atoms with Crippen molar-refractivity contribution in [3.63, 3.8) is 0 Å². The summed E-state index contributed by atoms with van der Waals surface area (Å²) in [7, 11) is 0. The lowest BCUT2D eigenvalue weighted by atomic mass is 9.85. The number of para-hydroxylation sites is 1. The molecule has 1 aliphatic rings. The lowest BCUT2D eigenvalue weighted by molar-refractivity contribution is -0.384. The first kappa shape index (κ1) is 19.5. The van der Waals surface area contributed by atoms with Crippen molar-refractivity contribution in [2.24, 2.45) is 0 Å². The first-order valence-electron chi connectivity index (χ1n) is 9.55. The summed E-state index contributed by atoms with van der Waals surface area (Å²) in [5, 5.41) is 15.1. The summed E-state index contributed by atoms with van der Waals surface area (Å²) in [5.41, 5.74) is 1.98. The molecule has 4 rings (SSSR count). The van der Waals surface area contributed by atoms with Crippen molar-refractivity contribution in [1.29, 1.82) is 0 Å². The van der Waals surface area contributed by atoms with E-state index in [0.717, 1.165) is 24.1 Å². The Morgan fingerprint density at radius 1 is 1.14 bits per heavy atom. The van der Waals surface area contributed by atoms with Crippen LogP contribution in [-0.4, -0.2) is 4.92 Å². The lowest BCUT2D eigenvalue weighted by Crippen LogP contribution is -2.37. The zero-order valence-electron chi connectivity index (χ0n) is 16.1. The normalized spacial score (nSPS) is 17.4. The van der Waals surface area contributed by atoms with Crippen molar-refractivity contribution in [3.05, 3.63) is 81.1 Å². The zero-order chi connectivity index (χ0) is 20.6. The van der Waals surface area contributed by atoms with Gasteiger partial charge in [0, 0.05) is 22.3 Å². The summed E-state index contributed by atoms with van der Waals surface area (Å²) in [6, 6.07) is 16.1. The van der Waals surface area contributed by atoms with Crippen LogP contribution in [0.3, 0.4) is 0 Å². The number of ether oxygens (including phenoxy) is 1. The van der Waals surface area contributed by atoms with Crippen LogP contribution in [0.2, 0.25) is 5.02 Å². The second-order valence-electron chi connectivity index (χ2n) is 7.01. The Balaban J connectivity index is 1.72. The number of nitrogens with zero attached hydrogens (tertiary/aromatic N) is 1. The highest BCUT2D eigenvalue weighted by Gasteiger charge is 2.40. The predicted octanol–water partition coefficient (Wildman–Crippen LogP) is 6.66. The van der Waals surface area contributed by atoms with Crippen molar-refractivity contribution >= 4 is 23.0 Å². The third-order valence-corrected chi connectivity index (χ3v) is 5.73. The highest BCUT2D eigenvalue weighted by Crippen LogP contribution is 2.46. The number of benzene rings is 2. The molecule has 3 aromatic rings. The van der Waals surface area contributed by atoms with E-state index in [0.29, 0.717) is 22.1 Å². The minimum Gasteiger partial charge on any atom is -0.456 e. The second-order valence-corrected chi connectivity index (χ2v) is 7.45. The van der Waals surface area contributed by atoms with E-state index in [1.807, 2.05) is 18.2 Å². The van der Waals surface area contributed by atoms with Gasteiger partial charge in [-0.15, -0.1) is 0 Å². The molecule has 0 saturated heterocycles. The average molecular weight is 413 g/mol. The Kier molecular flexibility index (Phi) is 5.06. The van der Waals surface area contributed by atoms with Crippen molar-refractivity contribution in [1.82, 2.24) is 0 Å². The molecule has 0 amide bonds. The number of hydrogen-bond donors (Lipinski definition) is 1. The van der Waals surface area contributed by atoms with E-state index in [9.17, 15) is 10.1 Å². The summed E-state index contributed by atoms with van der Waals surface area (Å²) in [6.07, 6.45) is 1.13. The maximum atomic E-state index is 11.4. The summed E-state index contributed by atoms with van der Waals surface area (Å²) in [6.45, 7) is 4.21. The van der Waals surface area contributed by atoms with Crippen LogP contribution in [0, 0.1) is 10.1 Å². The van der Waals surface area contributed by atoms with Crippen molar-refractivity contribution in [3.8, 4) is 11.3 Å². The molecule has 0 aliphatic carbocycles. The molecule has 0 radical (unpaired) electrons. The van der Waals surface area contributed by atoms with E-state index in [2.05, 4.69) is 25.2 Å². The van der Waals surface area contributed by atoms with E-state index < -0.39 is 16.8 Å². The van der Waals surface area contributed by atoms with Gasteiger partial charge in [-0.3, -0.25) is 10.1 Å². The van der Waals surface area contributed by atoms with Crippen LogP contribution in [0.1, 0.15) is 44.2 Å². The highest BCUT2D eigenvalue weighted by molar-refractivity contribution is 6.30. The van der Waals surface area contributed by atoms with Crippen LogP contribution < -0.4 is 5.32 Å². The number of hydrogen-bond acceptors (Lipinski definition) is 5. The number of nitro benzene ring substituents is 1. The van der Waals surface area contributed by atoms with E-state index in [1.54, 1.807) is 24.3 Å². The van der Waals surface area contributed by atoms with Crippen LogP contribution in [0.4, 0.5) is 11.4 Å². The Bertz CT molecular complexity index is 1060. The summed E-state index contributed by atoms with van der Waals surface area (Å²) < 4.78 is 12.5. The van der Waals surface area contributed by atoms with Gasteiger partial charge < -0.3 is 14.5 Å². The van der Waals surface area contributed by atoms with E-state index in [-0.39, 0.29) is 5.69 Å². The molecule has 150 valence electrons. The number of furan rings is 1. The summed E-state index contributed by atoms with van der Waals surface area (Å²) >= 11 is 5.92. The third-order valence-electron chi connectivity index (χ3n) is 5.50. The maximum absolute atomic E-state index is 11.4. The molecule has 1 N–H and O–H groups in total. The number of halogens is 1. The molecule has 0 unspecified atom stereocenters. The Labute approximate surface area is 173 Å². The molecule has 1 aromatic heterocycles. The monoisotopic (exact) mass is 412 g/mol. The average Bonchev–Trinajstić information content (AvgIpc) is 3.23. The largest absolute Gasteiger partial charge is 0.456 e. The number of nitro groups is 1. The van der Waals surface area contributed by atoms with Gasteiger partial charge in [-0.2, -0.15) is 0 Å². The van der Waals surface area contributed by atoms with Gasteiger partial charge in [0.25, 0.3) is 5.69 Å². The van der Waals surface area contributed by atoms with Crippen LogP contribution >= 0.6 is 11.6 Å². The smallest absolute Gasteiger partial charge is 0.281 e. The van der Waals surface area contributed by atoms with Crippen LogP contribution in [0.5, 0.6) is 0 Å². The molecule has 0 saturated carbocycles. The topological polar surface area (TPSA) is 77.5 Å². The fourth-order valence-electron chi connectivity index (χ4n) is 3.90. The standard InChI is InChI=1S/C22H21ClN2O4/c1-3-22(4-2)16-7-5-6-8-17(16)24-21(29-22)20-12-11-19(28-20)15-10-9-14(23)13-18(15)25(26)27/h5-13,21,24H,3-4H2,1-2H3/t21-/m0/s1. The minimum atomic E-state index is -0.495. The maximum Gasteiger partial charge on any atom is 0.281 e. The molecule has 29 heavy (non-hydrogen) atoms. The molecule has 1 aliphatic heterocycles. The Hall–Kier alpha value is -2.83. The first-order valence-corrected chi connectivity index (χ1v) is 9.93. The van der Waals surface area contributed by atoms with Gasteiger partial charge in [0.15, 0.2) is 12.0 Å². The van der Waals surface area contributed by atoms with Gasteiger partial charge >= 0.3 is 0 Å². The summed E-state index contributed by atoms with van der Waals surface area (Å²) in [4.78, 5) is 11.0. The minimum absolute atomic E-state index is 0.0993. The molecular weight excluding hydrogens is 392 g/mol. The molecule has 0 fully saturated rings. The SMILES string of the molecule is CCC1(CC)O[C@@H](c2ccc(-c3ccc(Cl)cc3[N+](=O)[O-])o2)Nc2ccccc21. The van der Waals surface area contributed by atoms with Crippen LogP contribution in [-0.2, 0) is 10.3 Å². The van der Waals surface area contributed by atoms with Crippen LogP contribution in [0.15, 0.2) is 59.0 Å². The number of rotatable bonds is 5. The molecule has 1 atom stereocenters. The van der Waals surface area contributed by atoms with E-state index >= 15 is 0 Å². The lowest BCUT2D eigenvalue weighted by Gasteiger charge is -2.42.